The topological polar surface area (TPSA) is 243 Å². The highest BCUT2D eigenvalue weighted by molar-refractivity contribution is 5.96. The number of aliphatic carboxylic acids is 1. The van der Waals surface area contributed by atoms with Gasteiger partial charge < -0.3 is 42.6 Å². The van der Waals surface area contributed by atoms with E-state index in [1.807, 2.05) is 0 Å². The monoisotopic (exact) mass is 517 g/mol. The maximum atomic E-state index is 13.1. The van der Waals surface area contributed by atoms with Crippen LogP contribution >= 0.6 is 0 Å². The minimum absolute atomic E-state index is 0.0285. The van der Waals surface area contributed by atoms with Crippen LogP contribution in [0.1, 0.15) is 24.6 Å². The quantitative estimate of drug-likeness (QED) is 0.130. The zero-order valence-corrected chi connectivity index (χ0v) is 20.1. The van der Waals surface area contributed by atoms with Crippen molar-refractivity contribution in [3.05, 3.63) is 54.1 Å². The first-order valence-electron chi connectivity index (χ1n) is 11.3. The Morgan fingerprint density at radius 2 is 1.54 bits per heavy atom. The molecule has 0 fully saturated rings. The van der Waals surface area contributed by atoms with E-state index in [1.165, 1.54) is 19.4 Å². The third-order valence-electron chi connectivity index (χ3n) is 5.37. The smallest absolute Gasteiger partial charge is 0.326 e. The Kier molecular flexibility index (Phi) is 10.7. The number of aliphatic hydroxyl groups excluding tert-OH is 1. The van der Waals surface area contributed by atoms with E-state index in [2.05, 4.69) is 25.9 Å². The van der Waals surface area contributed by atoms with Crippen LogP contribution in [0.4, 0.5) is 0 Å². The third-order valence-corrected chi connectivity index (χ3v) is 5.37. The zero-order valence-electron chi connectivity index (χ0n) is 20.1. The summed E-state index contributed by atoms with van der Waals surface area (Å²) in [5.41, 5.74) is 11.9. The lowest BCUT2D eigenvalue weighted by molar-refractivity contribution is -0.142. The molecule has 14 nitrogen and oxygen atoms in total. The van der Waals surface area contributed by atoms with Gasteiger partial charge in [0.15, 0.2) is 0 Å². The number of rotatable bonds is 14. The standard InChI is InChI=1S/C23H31N7O7/c1-12(31)19(25)22(35)29-16(9-18(24)32)21(34)28-15(7-13-5-3-2-4-6-13)20(33)30-17(23(36)37)8-14-10-26-11-27-14/h2-6,10-12,15-17,19,31H,7-9,25H2,1H3,(H2,24,32)(H,26,27)(H,28,34)(H,29,35)(H,30,33)(H,36,37). The van der Waals surface area contributed by atoms with Crippen molar-refractivity contribution in [1.29, 1.82) is 0 Å². The number of imidazole rings is 1. The van der Waals surface area contributed by atoms with Crippen LogP contribution in [0.25, 0.3) is 0 Å². The molecule has 14 heteroatoms. The molecular formula is C23H31N7O7. The largest absolute Gasteiger partial charge is 0.480 e. The van der Waals surface area contributed by atoms with Crippen LogP contribution in [0.5, 0.6) is 0 Å². The number of carbonyl (C=O) groups excluding carboxylic acids is 4. The average molecular weight is 518 g/mol. The summed E-state index contributed by atoms with van der Waals surface area (Å²) in [4.78, 5) is 68.4. The van der Waals surface area contributed by atoms with Gasteiger partial charge in [-0.1, -0.05) is 30.3 Å². The number of aliphatic hydroxyl groups is 1. The maximum Gasteiger partial charge on any atom is 0.326 e. The Labute approximate surface area is 212 Å². The number of nitrogens with one attached hydrogen (secondary N) is 4. The molecule has 37 heavy (non-hydrogen) atoms. The summed E-state index contributed by atoms with van der Waals surface area (Å²) in [5.74, 6) is -4.87. The van der Waals surface area contributed by atoms with Gasteiger partial charge in [-0.25, -0.2) is 9.78 Å². The first kappa shape index (κ1) is 28.9. The zero-order chi connectivity index (χ0) is 27.5. The number of carbonyl (C=O) groups is 5. The highest BCUT2D eigenvalue weighted by atomic mass is 16.4. The van der Waals surface area contributed by atoms with Gasteiger partial charge >= 0.3 is 5.97 Å². The number of carboxylic acid groups (broad SMARTS) is 1. The van der Waals surface area contributed by atoms with E-state index in [-0.39, 0.29) is 12.8 Å². The van der Waals surface area contributed by atoms with Crippen molar-refractivity contribution in [3.63, 3.8) is 0 Å². The lowest BCUT2D eigenvalue weighted by Gasteiger charge is -2.25. The molecule has 5 unspecified atom stereocenters. The average Bonchev–Trinajstić information content (AvgIpc) is 3.35. The van der Waals surface area contributed by atoms with Crippen LogP contribution in [-0.4, -0.2) is 80.1 Å². The van der Waals surface area contributed by atoms with Crippen LogP contribution in [0.2, 0.25) is 0 Å². The molecule has 0 aliphatic rings. The normalized spacial score (nSPS) is 14.9. The summed E-state index contributed by atoms with van der Waals surface area (Å²) in [6, 6.07) is 3.10. The van der Waals surface area contributed by atoms with E-state index in [0.29, 0.717) is 11.3 Å². The number of hydrogen-bond acceptors (Lipinski definition) is 8. The van der Waals surface area contributed by atoms with Gasteiger partial charge in [0.1, 0.15) is 24.2 Å². The molecule has 0 saturated heterocycles. The molecule has 10 N–H and O–H groups in total. The van der Waals surface area contributed by atoms with E-state index in [4.69, 9.17) is 11.5 Å². The van der Waals surface area contributed by atoms with Crippen LogP contribution in [0.15, 0.2) is 42.9 Å². The number of nitrogens with two attached hydrogens (primary N) is 2. The Bertz CT molecular complexity index is 1080. The van der Waals surface area contributed by atoms with Gasteiger partial charge in [0.05, 0.1) is 18.9 Å². The van der Waals surface area contributed by atoms with Gasteiger partial charge in [0, 0.05) is 24.7 Å². The molecule has 1 heterocycles. The van der Waals surface area contributed by atoms with Crippen LogP contribution in [0.3, 0.4) is 0 Å². The van der Waals surface area contributed by atoms with E-state index < -0.39 is 66.3 Å². The van der Waals surface area contributed by atoms with E-state index in [0.717, 1.165) is 0 Å². The summed E-state index contributed by atoms with van der Waals surface area (Å²) < 4.78 is 0. The predicted molar refractivity (Wildman–Crippen MR) is 129 cm³/mol. The third kappa shape index (κ3) is 9.35. The Balaban J connectivity index is 2.24. The molecule has 2 rings (SSSR count). The fourth-order valence-corrected chi connectivity index (χ4v) is 3.32. The number of aromatic nitrogens is 2. The van der Waals surface area contributed by atoms with Gasteiger partial charge in [-0.2, -0.15) is 0 Å². The molecule has 200 valence electrons. The SMILES string of the molecule is CC(O)C(N)C(=O)NC(CC(N)=O)C(=O)NC(Cc1ccccc1)C(=O)NC(Cc1cnc[nH]1)C(=O)O. The first-order valence-corrected chi connectivity index (χ1v) is 11.3. The lowest BCUT2D eigenvalue weighted by atomic mass is 10.0. The molecular weight excluding hydrogens is 486 g/mol. The molecule has 0 saturated carbocycles. The molecule has 5 atom stereocenters. The molecule has 0 radical (unpaired) electrons. The Morgan fingerprint density at radius 1 is 0.946 bits per heavy atom. The van der Waals surface area contributed by atoms with Crippen LogP contribution in [0, 0.1) is 0 Å². The minimum atomic E-state index is -1.50. The van der Waals surface area contributed by atoms with Crippen molar-refractivity contribution >= 4 is 29.6 Å². The summed E-state index contributed by atoms with van der Waals surface area (Å²) >= 11 is 0. The lowest BCUT2D eigenvalue weighted by Crippen LogP contribution is -2.59. The number of nitrogens with zero attached hydrogens (tertiary/aromatic N) is 1. The molecule has 0 spiro atoms. The van der Waals surface area contributed by atoms with Crippen molar-refractivity contribution in [1.82, 2.24) is 25.9 Å². The van der Waals surface area contributed by atoms with Crippen molar-refractivity contribution in [2.45, 2.75) is 56.5 Å². The Hall–Kier alpha value is -4.30. The van der Waals surface area contributed by atoms with Crippen LogP contribution in [-0.2, 0) is 36.8 Å². The number of benzene rings is 1. The number of carboxylic acids is 1. The van der Waals surface area contributed by atoms with Gasteiger partial charge in [0.2, 0.25) is 23.6 Å². The van der Waals surface area contributed by atoms with Gasteiger partial charge in [-0.3, -0.25) is 19.2 Å². The molecule has 1 aromatic carbocycles. The van der Waals surface area contributed by atoms with E-state index in [9.17, 15) is 34.2 Å². The second-order valence-electron chi connectivity index (χ2n) is 8.43. The summed E-state index contributed by atoms with van der Waals surface area (Å²) in [7, 11) is 0. The van der Waals surface area contributed by atoms with E-state index in [1.54, 1.807) is 30.3 Å². The summed E-state index contributed by atoms with van der Waals surface area (Å²) in [6.45, 7) is 1.27. The molecule has 0 aliphatic heterocycles. The Morgan fingerprint density at radius 3 is 2.08 bits per heavy atom. The van der Waals surface area contributed by atoms with Gasteiger partial charge in [0.25, 0.3) is 0 Å². The molecule has 0 aliphatic carbocycles. The summed E-state index contributed by atoms with van der Waals surface area (Å²) in [6.07, 6.45) is 0.813. The molecule has 4 amide bonds. The predicted octanol–water partition coefficient (Wildman–Crippen LogP) is -2.68. The van der Waals surface area contributed by atoms with Crippen molar-refractivity contribution < 1.29 is 34.2 Å². The molecule has 2 aromatic rings. The van der Waals surface area contributed by atoms with Crippen molar-refractivity contribution in [3.8, 4) is 0 Å². The number of amides is 4. The molecule has 0 bridgehead atoms. The van der Waals surface area contributed by atoms with Gasteiger partial charge in [-0.15, -0.1) is 0 Å². The molecule has 1 aromatic heterocycles. The van der Waals surface area contributed by atoms with Gasteiger partial charge in [-0.05, 0) is 12.5 Å². The number of hydrogen-bond donors (Lipinski definition) is 8. The second kappa shape index (κ2) is 13.7. The second-order valence-corrected chi connectivity index (χ2v) is 8.43. The fraction of sp³-hybridized carbons (Fsp3) is 0.391. The fourth-order valence-electron chi connectivity index (χ4n) is 3.32. The first-order chi connectivity index (χ1) is 17.5. The van der Waals surface area contributed by atoms with E-state index >= 15 is 0 Å². The highest BCUT2D eigenvalue weighted by Crippen LogP contribution is 2.07. The van der Waals surface area contributed by atoms with Crippen molar-refractivity contribution in [2.75, 3.05) is 0 Å². The number of aromatic amines is 1. The maximum absolute atomic E-state index is 13.1. The number of H-pyrrole nitrogens is 1. The number of primary amides is 1. The summed E-state index contributed by atoms with van der Waals surface area (Å²) in [5, 5.41) is 26.2. The minimum Gasteiger partial charge on any atom is -0.480 e. The van der Waals surface area contributed by atoms with Crippen LogP contribution < -0.4 is 27.4 Å². The van der Waals surface area contributed by atoms with Crippen molar-refractivity contribution in [2.24, 2.45) is 11.5 Å². The highest BCUT2D eigenvalue weighted by Gasteiger charge is 2.32.